The van der Waals surface area contributed by atoms with Crippen molar-refractivity contribution in [1.29, 1.82) is 0 Å². The van der Waals surface area contributed by atoms with Crippen LogP contribution in [0.1, 0.15) is 22.3 Å². The maximum absolute atomic E-state index is 13.8. The smallest absolute Gasteiger partial charge is 0.254 e. The van der Waals surface area contributed by atoms with Crippen molar-refractivity contribution in [2.45, 2.75) is 13.3 Å². The average Bonchev–Trinajstić information content (AvgIpc) is 2.70. The summed E-state index contributed by atoms with van der Waals surface area (Å²) in [6.07, 6.45) is 0.529. The van der Waals surface area contributed by atoms with E-state index in [1.807, 2.05) is 0 Å². The van der Waals surface area contributed by atoms with Gasteiger partial charge in [-0.2, -0.15) is 0 Å². The van der Waals surface area contributed by atoms with E-state index >= 15 is 0 Å². The molecule has 0 saturated carbocycles. The minimum Gasteiger partial charge on any atom is -0.399 e. The molecule has 1 fully saturated rings. The molecule has 1 saturated heterocycles. The molecular weight excluding hydrogens is 283 g/mol. The molecule has 0 aromatic heterocycles. The van der Waals surface area contributed by atoms with Gasteiger partial charge in [0.25, 0.3) is 5.91 Å². The number of aryl methyl sites for hydroxylation is 1. The summed E-state index contributed by atoms with van der Waals surface area (Å²) < 4.78 is 36.5. The maximum atomic E-state index is 13.8. The summed E-state index contributed by atoms with van der Waals surface area (Å²) in [5.74, 6) is -1.04. The summed E-state index contributed by atoms with van der Waals surface area (Å²) in [4.78, 5) is 11.9. The first kappa shape index (κ1) is 14.8. The molecule has 1 aliphatic heterocycles. The Morgan fingerprint density at radius 1 is 1.50 bits per heavy atom. The topological polar surface area (TPSA) is 89.3 Å². The van der Waals surface area contributed by atoms with Crippen LogP contribution in [-0.2, 0) is 9.84 Å². The molecule has 0 spiro atoms. The quantitative estimate of drug-likeness (QED) is 0.811. The highest BCUT2D eigenvalue weighted by Gasteiger charge is 2.28. The van der Waals surface area contributed by atoms with E-state index < -0.39 is 21.6 Å². The van der Waals surface area contributed by atoms with Gasteiger partial charge in [-0.25, -0.2) is 12.8 Å². The number of nitrogens with one attached hydrogen (secondary N) is 1. The number of carbonyl (C=O) groups is 1. The normalized spacial score (nSPS) is 20.8. The molecule has 7 heteroatoms. The molecule has 0 aliphatic carbocycles. The van der Waals surface area contributed by atoms with Gasteiger partial charge in [-0.05, 0) is 37.0 Å². The van der Waals surface area contributed by atoms with Crippen molar-refractivity contribution in [1.82, 2.24) is 5.32 Å². The highest BCUT2D eigenvalue weighted by Crippen LogP contribution is 2.19. The molecule has 1 unspecified atom stereocenters. The Balaban J connectivity index is 2.03. The maximum Gasteiger partial charge on any atom is 0.254 e. The summed E-state index contributed by atoms with van der Waals surface area (Å²) in [6.45, 7) is 1.76. The molecule has 1 aliphatic rings. The largest absolute Gasteiger partial charge is 0.399 e. The van der Waals surface area contributed by atoms with Crippen LogP contribution < -0.4 is 11.1 Å². The fraction of sp³-hybridized carbons (Fsp3) is 0.462. The molecular formula is C13H17FN2O3S. The monoisotopic (exact) mass is 300 g/mol. The Bertz CT molecular complexity index is 643. The minimum absolute atomic E-state index is 0.0751. The molecule has 3 N–H and O–H groups in total. The molecule has 110 valence electrons. The first-order valence-electron chi connectivity index (χ1n) is 6.33. The van der Waals surface area contributed by atoms with E-state index in [1.54, 1.807) is 0 Å². The number of halogens is 1. The Labute approximate surface area is 117 Å². The van der Waals surface area contributed by atoms with Gasteiger partial charge in [0.2, 0.25) is 0 Å². The van der Waals surface area contributed by atoms with Gasteiger partial charge in [-0.15, -0.1) is 0 Å². The lowest BCUT2D eigenvalue weighted by atomic mass is 10.1. The van der Waals surface area contributed by atoms with E-state index in [9.17, 15) is 17.6 Å². The van der Waals surface area contributed by atoms with Crippen LogP contribution in [0.5, 0.6) is 0 Å². The molecule has 1 amide bonds. The number of benzene rings is 1. The predicted molar refractivity (Wildman–Crippen MR) is 74.6 cm³/mol. The van der Waals surface area contributed by atoms with Gasteiger partial charge in [-0.3, -0.25) is 4.79 Å². The number of amides is 1. The van der Waals surface area contributed by atoms with Gasteiger partial charge < -0.3 is 11.1 Å². The van der Waals surface area contributed by atoms with Crippen molar-refractivity contribution in [2.75, 3.05) is 23.8 Å². The summed E-state index contributed by atoms with van der Waals surface area (Å²) in [5, 5.41) is 2.58. The van der Waals surface area contributed by atoms with E-state index in [4.69, 9.17) is 5.73 Å². The molecule has 20 heavy (non-hydrogen) atoms. The third kappa shape index (κ3) is 3.27. The molecule has 1 heterocycles. The van der Waals surface area contributed by atoms with E-state index in [-0.39, 0.29) is 29.5 Å². The summed E-state index contributed by atoms with van der Waals surface area (Å²) >= 11 is 0. The lowest BCUT2D eigenvalue weighted by molar-refractivity contribution is 0.0944. The summed E-state index contributed by atoms with van der Waals surface area (Å²) in [5.41, 5.74) is 6.11. The average molecular weight is 300 g/mol. The predicted octanol–water partition coefficient (Wildman–Crippen LogP) is 0.881. The minimum atomic E-state index is -2.97. The van der Waals surface area contributed by atoms with Crippen LogP contribution in [0.15, 0.2) is 12.1 Å². The van der Waals surface area contributed by atoms with Crippen molar-refractivity contribution in [2.24, 2.45) is 5.92 Å². The second kappa shape index (κ2) is 5.40. The third-order valence-corrected chi connectivity index (χ3v) is 5.24. The second-order valence-electron chi connectivity index (χ2n) is 5.18. The fourth-order valence-corrected chi connectivity index (χ4v) is 4.19. The van der Waals surface area contributed by atoms with E-state index in [1.165, 1.54) is 19.1 Å². The zero-order chi connectivity index (χ0) is 14.9. The van der Waals surface area contributed by atoms with Crippen LogP contribution in [0, 0.1) is 18.7 Å². The number of anilines is 1. The summed E-state index contributed by atoms with van der Waals surface area (Å²) in [7, 11) is -2.97. The van der Waals surface area contributed by atoms with Gasteiger partial charge in [0, 0.05) is 12.2 Å². The van der Waals surface area contributed by atoms with Crippen LogP contribution in [0.2, 0.25) is 0 Å². The lowest BCUT2D eigenvalue weighted by Gasteiger charge is -2.11. The third-order valence-electron chi connectivity index (χ3n) is 3.40. The first-order chi connectivity index (χ1) is 9.28. The van der Waals surface area contributed by atoms with Crippen LogP contribution in [0.4, 0.5) is 10.1 Å². The van der Waals surface area contributed by atoms with Crippen molar-refractivity contribution < 1.29 is 17.6 Å². The van der Waals surface area contributed by atoms with Gasteiger partial charge >= 0.3 is 0 Å². The van der Waals surface area contributed by atoms with Gasteiger partial charge in [-0.1, -0.05) is 0 Å². The van der Waals surface area contributed by atoms with Crippen molar-refractivity contribution in [3.8, 4) is 0 Å². The van der Waals surface area contributed by atoms with Crippen molar-refractivity contribution >= 4 is 21.4 Å². The van der Waals surface area contributed by atoms with Crippen LogP contribution in [0.25, 0.3) is 0 Å². The van der Waals surface area contributed by atoms with Crippen LogP contribution in [0.3, 0.4) is 0 Å². The van der Waals surface area contributed by atoms with Gasteiger partial charge in [0.1, 0.15) is 5.82 Å². The Morgan fingerprint density at radius 2 is 2.20 bits per heavy atom. The van der Waals surface area contributed by atoms with E-state index in [0.29, 0.717) is 17.7 Å². The molecule has 5 nitrogen and oxygen atoms in total. The SMILES string of the molecule is Cc1cc(N)cc(C(=O)NCC2CCS(=O)(=O)C2)c1F. The highest BCUT2D eigenvalue weighted by atomic mass is 32.2. The molecule has 1 aromatic rings. The standard InChI is InChI=1S/C13H17FN2O3S/c1-8-4-10(15)5-11(12(8)14)13(17)16-6-9-2-3-20(18,19)7-9/h4-5,9H,2-3,6-7,15H2,1H3,(H,16,17). The fourth-order valence-electron chi connectivity index (χ4n) is 2.33. The van der Waals surface area contributed by atoms with Gasteiger partial charge in [0.05, 0.1) is 17.1 Å². The number of rotatable bonds is 3. The Morgan fingerprint density at radius 3 is 2.80 bits per heavy atom. The number of hydrogen-bond donors (Lipinski definition) is 2. The number of sulfone groups is 1. The number of nitrogen functional groups attached to an aromatic ring is 1. The molecule has 0 radical (unpaired) electrons. The number of hydrogen-bond acceptors (Lipinski definition) is 4. The lowest BCUT2D eigenvalue weighted by Crippen LogP contribution is -2.30. The number of nitrogens with two attached hydrogens (primary N) is 1. The highest BCUT2D eigenvalue weighted by molar-refractivity contribution is 7.91. The van der Waals surface area contributed by atoms with Crippen molar-refractivity contribution in [3.63, 3.8) is 0 Å². The molecule has 1 aromatic carbocycles. The molecule has 1 atom stereocenters. The first-order valence-corrected chi connectivity index (χ1v) is 8.15. The zero-order valence-electron chi connectivity index (χ0n) is 11.1. The van der Waals surface area contributed by atoms with Crippen LogP contribution in [-0.4, -0.2) is 32.4 Å². The zero-order valence-corrected chi connectivity index (χ0v) is 12.0. The van der Waals surface area contributed by atoms with E-state index in [0.717, 1.165) is 0 Å². The second-order valence-corrected chi connectivity index (χ2v) is 7.41. The molecule has 2 rings (SSSR count). The van der Waals surface area contributed by atoms with Crippen LogP contribution >= 0.6 is 0 Å². The van der Waals surface area contributed by atoms with Gasteiger partial charge in [0.15, 0.2) is 9.84 Å². The Hall–Kier alpha value is -1.63. The summed E-state index contributed by atoms with van der Waals surface area (Å²) in [6, 6.07) is 2.73. The van der Waals surface area contributed by atoms with E-state index in [2.05, 4.69) is 5.32 Å². The Kier molecular flexibility index (Phi) is 3.99. The number of carbonyl (C=O) groups excluding carboxylic acids is 1. The molecule has 0 bridgehead atoms. The van der Waals surface area contributed by atoms with Crippen molar-refractivity contribution in [3.05, 3.63) is 29.1 Å².